The Morgan fingerprint density at radius 1 is 1.50 bits per heavy atom. The first-order valence-electron chi connectivity index (χ1n) is 5.57. The van der Waals surface area contributed by atoms with Crippen LogP contribution in [0.5, 0.6) is 0 Å². The van der Waals surface area contributed by atoms with E-state index in [4.69, 9.17) is 0 Å². The fourth-order valence-corrected chi connectivity index (χ4v) is 2.71. The number of hydrogen-bond donors (Lipinski definition) is 2. The average Bonchev–Trinajstić information content (AvgIpc) is 2.66. The van der Waals surface area contributed by atoms with Crippen molar-refractivity contribution in [2.24, 2.45) is 0 Å². The van der Waals surface area contributed by atoms with Gasteiger partial charge in [-0.15, -0.1) is 11.3 Å². The summed E-state index contributed by atoms with van der Waals surface area (Å²) < 4.78 is 0. The molecular weight excluding hydrogens is 220 g/mol. The molecular formula is C11H14N4S. The normalized spacial score (nSPS) is 16.3. The van der Waals surface area contributed by atoms with Crippen molar-refractivity contribution >= 4 is 27.4 Å². The molecule has 2 N–H and O–H groups in total. The molecule has 5 heteroatoms. The highest BCUT2D eigenvalue weighted by Crippen LogP contribution is 2.28. The van der Waals surface area contributed by atoms with E-state index in [1.165, 1.54) is 4.88 Å². The molecule has 2 aromatic heterocycles. The van der Waals surface area contributed by atoms with Crippen LogP contribution in [-0.4, -0.2) is 29.1 Å². The lowest BCUT2D eigenvalue weighted by molar-refractivity contribution is 0.471. The van der Waals surface area contributed by atoms with Crippen LogP contribution >= 0.6 is 11.3 Å². The van der Waals surface area contributed by atoms with Crippen molar-refractivity contribution in [3.8, 4) is 0 Å². The highest BCUT2D eigenvalue weighted by atomic mass is 32.1. The predicted molar refractivity (Wildman–Crippen MR) is 67.1 cm³/mol. The van der Waals surface area contributed by atoms with Gasteiger partial charge in [-0.1, -0.05) is 6.92 Å². The van der Waals surface area contributed by atoms with Gasteiger partial charge < -0.3 is 10.6 Å². The molecule has 4 nitrogen and oxygen atoms in total. The number of hydrogen-bond acceptors (Lipinski definition) is 5. The highest BCUT2D eigenvalue weighted by Gasteiger charge is 2.18. The van der Waals surface area contributed by atoms with Crippen molar-refractivity contribution in [3.05, 3.63) is 17.3 Å². The second kappa shape index (κ2) is 3.99. The predicted octanol–water partition coefficient (Wildman–Crippen LogP) is 1.64. The number of anilines is 1. The fraction of sp³-hybridized carbons (Fsp3) is 0.455. The summed E-state index contributed by atoms with van der Waals surface area (Å²) in [7, 11) is 0. The molecule has 0 spiro atoms. The first-order valence-corrected chi connectivity index (χ1v) is 6.39. The molecule has 0 amide bonds. The van der Waals surface area contributed by atoms with E-state index in [0.717, 1.165) is 35.5 Å². The lowest BCUT2D eigenvalue weighted by atomic mass is 10.2. The van der Waals surface area contributed by atoms with E-state index in [2.05, 4.69) is 33.6 Å². The molecule has 3 heterocycles. The van der Waals surface area contributed by atoms with E-state index in [0.29, 0.717) is 6.04 Å². The monoisotopic (exact) mass is 234 g/mol. The van der Waals surface area contributed by atoms with Gasteiger partial charge in [-0.05, 0) is 12.5 Å². The molecule has 1 fully saturated rings. The third-order valence-electron chi connectivity index (χ3n) is 2.85. The molecule has 0 bridgehead atoms. The molecule has 1 aliphatic heterocycles. The Hall–Kier alpha value is -1.20. The molecule has 3 rings (SSSR count). The lowest BCUT2D eigenvalue weighted by Gasteiger charge is -2.28. The Bertz CT molecular complexity index is 504. The lowest BCUT2D eigenvalue weighted by Crippen LogP contribution is -2.51. The molecule has 16 heavy (non-hydrogen) atoms. The number of fused-ring (bicyclic) bond motifs is 1. The molecule has 0 unspecified atom stereocenters. The topological polar surface area (TPSA) is 49.8 Å². The summed E-state index contributed by atoms with van der Waals surface area (Å²) in [4.78, 5) is 11.1. The number of nitrogens with one attached hydrogen (secondary N) is 2. The van der Waals surface area contributed by atoms with Crippen molar-refractivity contribution in [2.45, 2.75) is 19.4 Å². The average molecular weight is 234 g/mol. The van der Waals surface area contributed by atoms with E-state index < -0.39 is 0 Å². The molecule has 0 saturated carbocycles. The van der Waals surface area contributed by atoms with Crippen LogP contribution in [0.4, 0.5) is 5.82 Å². The van der Waals surface area contributed by atoms with E-state index in [-0.39, 0.29) is 0 Å². The van der Waals surface area contributed by atoms with Gasteiger partial charge in [-0.25, -0.2) is 9.97 Å². The summed E-state index contributed by atoms with van der Waals surface area (Å²) >= 11 is 1.76. The van der Waals surface area contributed by atoms with Gasteiger partial charge in [0.15, 0.2) is 0 Å². The number of nitrogens with zero attached hydrogens (tertiary/aromatic N) is 2. The SMILES string of the molecule is CCc1cc2c(NC3CNC3)ncnc2s1. The Morgan fingerprint density at radius 2 is 2.38 bits per heavy atom. The summed E-state index contributed by atoms with van der Waals surface area (Å²) in [5, 5.41) is 7.86. The largest absolute Gasteiger partial charge is 0.364 e. The van der Waals surface area contributed by atoms with Crippen LogP contribution in [0.15, 0.2) is 12.4 Å². The van der Waals surface area contributed by atoms with Gasteiger partial charge in [0.1, 0.15) is 17.0 Å². The van der Waals surface area contributed by atoms with E-state index in [1.54, 1.807) is 17.7 Å². The summed E-state index contributed by atoms with van der Waals surface area (Å²) in [6, 6.07) is 2.72. The minimum Gasteiger partial charge on any atom is -0.364 e. The standard InChI is InChI=1S/C11H14N4S/c1-2-8-3-9-10(15-7-4-12-5-7)13-6-14-11(9)16-8/h3,6-7,12H,2,4-5H2,1H3,(H,13,14,15). The quantitative estimate of drug-likeness (QED) is 0.847. The van der Waals surface area contributed by atoms with Gasteiger partial charge in [0.05, 0.1) is 11.4 Å². The van der Waals surface area contributed by atoms with Crippen LogP contribution in [0, 0.1) is 0 Å². The number of aromatic nitrogens is 2. The molecule has 0 atom stereocenters. The van der Waals surface area contributed by atoms with Gasteiger partial charge >= 0.3 is 0 Å². The first-order chi connectivity index (χ1) is 7.86. The zero-order valence-corrected chi connectivity index (χ0v) is 9.97. The second-order valence-electron chi connectivity index (χ2n) is 4.01. The Balaban J connectivity index is 1.98. The van der Waals surface area contributed by atoms with Crippen LogP contribution in [0.2, 0.25) is 0 Å². The van der Waals surface area contributed by atoms with Crippen molar-refractivity contribution in [2.75, 3.05) is 18.4 Å². The molecule has 1 saturated heterocycles. The van der Waals surface area contributed by atoms with Crippen molar-refractivity contribution in [1.82, 2.24) is 15.3 Å². The van der Waals surface area contributed by atoms with Gasteiger partial charge in [0.25, 0.3) is 0 Å². The van der Waals surface area contributed by atoms with Crippen LogP contribution in [-0.2, 0) is 6.42 Å². The second-order valence-corrected chi connectivity index (χ2v) is 5.12. The van der Waals surface area contributed by atoms with Gasteiger partial charge in [-0.3, -0.25) is 0 Å². The number of rotatable bonds is 3. The fourth-order valence-electron chi connectivity index (χ4n) is 1.78. The molecule has 2 aromatic rings. The molecule has 84 valence electrons. The number of aryl methyl sites for hydroxylation is 1. The van der Waals surface area contributed by atoms with Gasteiger partial charge in [0, 0.05) is 18.0 Å². The zero-order valence-electron chi connectivity index (χ0n) is 9.16. The number of thiophene rings is 1. The van der Waals surface area contributed by atoms with E-state index in [9.17, 15) is 0 Å². The van der Waals surface area contributed by atoms with Crippen molar-refractivity contribution < 1.29 is 0 Å². The Labute approximate surface area is 98.1 Å². The Morgan fingerprint density at radius 3 is 3.06 bits per heavy atom. The zero-order chi connectivity index (χ0) is 11.0. The minimum atomic E-state index is 0.517. The molecule has 0 radical (unpaired) electrons. The van der Waals surface area contributed by atoms with Crippen molar-refractivity contribution in [3.63, 3.8) is 0 Å². The smallest absolute Gasteiger partial charge is 0.138 e. The third kappa shape index (κ3) is 1.66. The molecule has 1 aliphatic rings. The molecule has 0 aliphatic carbocycles. The summed E-state index contributed by atoms with van der Waals surface area (Å²) in [6.07, 6.45) is 2.71. The van der Waals surface area contributed by atoms with Crippen LogP contribution in [0.3, 0.4) is 0 Å². The highest BCUT2D eigenvalue weighted by molar-refractivity contribution is 7.18. The van der Waals surface area contributed by atoms with Crippen molar-refractivity contribution in [1.29, 1.82) is 0 Å². The van der Waals surface area contributed by atoms with Crippen LogP contribution in [0.25, 0.3) is 10.2 Å². The molecule has 0 aromatic carbocycles. The van der Waals surface area contributed by atoms with E-state index in [1.807, 2.05) is 0 Å². The van der Waals surface area contributed by atoms with E-state index >= 15 is 0 Å². The maximum absolute atomic E-state index is 4.33. The first kappa shape index (κ1) is 9.99. The van der Waals surface area contributed by atoms with Crippen LogP contribution < -0.4 is 10.6 Å². The van der Waals surface area contributed by atoms with Gasteiger partial charge in [0.2, 0.25) is 0 Å². The summed E-state index contributed by atoms with van der Waals surface area (Å²) in [6.45, 7) is 4.22. The maximum Gasteiger partial charge on any atom is 0.138 e. The third-order valence-corrected chi connectivity index (χ3v) is 4.04. The van der Waals surface area contributed by atoms with Crippen LogP contribution in [0.1, 0.15) is 11.8 Å². The minimum absolute atomic E-state index is 0.517. The maximum atomic E-state index is 4.33. The summed E-state index contributed by atoms with van der Waals surface area (Å²) in [5.41, 5.74) is 0. The summed E-state index contributed by atoms with van der Waals surface area (Å²) in [5.74, 6) is 0.979. The van der Waals surface area contributed by atoms with Gasteiger partial charge in [-0.2, -0.15) is 0 Å². The Kier molecular flexibility index (Phi) is 2.49.